The van der Waals surface area contributed by atoms with Crippen LogP contribution in [0.3, 0.4) is 0 Å². The van der Waals surface area contributed by atoms with Crippen molar-refractivity contribution in [3.05, 3.63) is 18.0 Å². The predicted octanol–water partition coefficient (Wildman–Crippen LogP) is -0.194. The van der Waals surface area contributed by atoms with Gasteiger partial charge >= 0.3 is 0 Å². The van der Waals surface area contributed by atoms with Crippen LogP contribution in [0.4, 0.5) is 0 Å². The summed E-state index contributed by atoms with van der Waals surface area (Å²) in [4.78, 5) is 3.94. The summed E-state index contributed by atoms with van der Waals surface area (Å²) in [7, 11) is 1.86. The second-order valence-electron chi connectivity index (χ2n) is 2.73. The monoisotopic (exact) mass is 166 g/mol. The number of aromatic nitrogens is 2. The zero-order valence-corrected chi connectivity index (χ0v) is 6.77. The van der Waals surface area contributed by atoms with Crippen LogP contribution in [-0.4, -0.2) is 22.3 Å². The van der Waals surface area contributed by atoms with E-state index in [4.69, 9.17) is 10.5 Å². The highest BCUT2D eigenvalue weighted by atomic mass is 16.5. The molecule has 0 spiro atoms. The third-order valence-electron chi connectivity index (χ3n) is 1.77. The molecule has 1 unspecified atom stereocenters. The van der Waals surface area contributed by atoms with Crippen molar-refractivity contribution in [1.29, 1.82) is 0 Å². The number of amidine groups is 1. The van der Waals surface area contributed by atoms with Gasteiger partial charge in [-0.3, -0.25) is 4.68 Å². The highest BCUT2D eigenvalue weighted by molar-refractivity contribution is 5.73. The third-order valence-corrected chi connectivity index (χ3v) is 1.77. The normalized spacial score (nSPS) is 22.1. The fourth-order valence-corrected chi connectivity index (χ4v) is 1.17. The number of rotatable bonds is 1. The van der Waals surface area contributed by atoms with Gasteiger partial charge in [0.2, 0.25) is 0 Å². The van der Waals surface area contributed by atoms with Crippen molar-refractivity contribution in [2.45, 2.75) is 6.10 Å². The quantitative estimate of drug-likeness (QED) is 0.628. The molecule has 0 aromatic carbocycles. The Labute approximate surface area is 69.8 Å². The highest BCUT2D eigenvalue weighted by Crippen LogP contribution is 2.20. The predicted molar refractivity (Wildman–Crippen MR) is 43.5 cm³/mol. The van der Waals surface area contributed by atoms with Crippen LogP contribution in [0.1, 0.15) is 11.7 Å². The Balaban J connectivity index is 2.13. The van der Waals surface area contributed by atoms with Gasteiger partial charge in [-0.15, -0.1) is 0 Å². The van der Waals surface area contributed by atoms with Crippen molar-refractivity contribution >= 4 is 6.02 Å². The van der Waals surface area contributed by atoms with Crippen LogP contribution >= 0.6 is 0 Å². The number of nitrogens with two attached hydrogens (primary N) is 1. The molecule has 0 radical (unpaired) electrons. The Kier molecular flexibility index (Phi) is 1.49. The Hall–Kier alpha value is -1.52. The average molecular weight is 166 g/mol. The summed E-state index contributed by atoms with van der Waals surface area (Å²) in [5, 5.41) is 4.03. The molecule has 0 aliphatic carbocycles. The molecule has 0 saturated heterocycles. The van der Waals surface area contributed by atoms with E-state index in [1.807, 2.05) is 13.2 Å². The second-order valence-corrected chi connectivity index (χ2v) is 2.73. The lowest BCUT2D eigenvalue weighted by Gasteiger charge is -2.05. The maximum atomic E-state index is 5.37. The van der Waals surface area contributed by atoms with Crippen LogP contribution in [0, 0.1) is 0 Å². The summed E-state index contributed by atoms with van der Waals surface area (Å²) in [6.07, 6.45) is 3.62. The summed E-state index contributed by atoms with van der Waals surface area (Å²) in [6.45, 7) is 0.595. The molecule has 0 bridgehead atoms. The first-order valence-electron chi connectivity index (χ1n) is 3.71. The van der Waals surface area contributed by atoms with Crippen molar-refractivity contribution in [2.24, 2.45) is 17.8 Å². The summed E-state index contributed by atoms with van der Waals surface area (Å²) >= 11 is 0. The van der Waals surface area contributed by atoms with Crippen LogP contribution in [0.25, 0.3) is 0 Å². The van der Waals surface area contributed by atoms with E-state index in [1.165, 1.54) is 0 Å². The van der Waals surface area contributed by atoms with E-state index in [1.54, 1.807) is 10.9 Å². The summed E-state index contributed by atoms with van der Waals surface area (Å²) in [5.74, 6) is 0. The molecule has 0 amide bonds. The van der Waals surface area contributed by atoms with E-state index < -0.39 is 0 Å². The molecule has 1 aliphatic rings. The molecule has 2 heterocycles. The van der Waals surface area contributed by atoms with Gasteiger partial charge in [0.15, 0.2) is 0 Å². The van der Waals surface area contributed by atoms with Crippen molar-refractivity contribution in [2.75, 3.05) is 6.54 Å². The van der Waals surface area contributed by atoms with Crippen molar-refractivity contribution in [3.63, 3.8) is 0 Å². The van der Waals surface area contributed by atoms with E-state index in [0.29, 0.717) is 6.54 Å². The van der Waals surface area contributed by atoms with Gasteiger partial charge in [-0.2, -0.15) is 5.10 Å². The van der Waals surface area contributed by atoms with Crippen LogP contribution in [0.15, 0.2) is 17.4 Å². The third kappa shape index (κ3) is 1.13. The molecule has 12 heavy (non-hydrogen) atoms. The molecule has 5 nitrogen and oxygen atoms in total. The van der Waals surface area contributed by atoms with Crippen LogP contribution in [0.2, 0.25) is 0 Å². The molecule has 64 valence electrons. The van der Waals surface area contributed by atoms with Gasteiger partial charge in [0.05, 0.1) is 12.7 Å². The van der Waals surface area contributed by atoms with Crippen LogP contribution < -0.4 is 5.73 Å². The van der Waals surface area contributed by atoms with E-state index in [-0.39, 0.29) is 12.1 Å². The van der Waals surface area contributed by atoms with E-state index in [2.05, 4.69) is 10.1 Å². The van der Waals surface area contributed by atoms with Gasteiger partial charge < -0.3 is 10.5 Å². The van der Waals surface area contributed by atoms with Crippen molar-refractivity contribution in [1.82, 2.24) is 9.78 Å². The number of nitrogens with zero attached hydrogens (tertiary/aromatic N) is 3. The molecule has 5 heteroatoms. The van der Waals surface area contributed by atoms with Crippen LogP contribution in [-0.2, 0) is 11.8 Å². The Bertz CT molecular complexity index is 317. The van der Waals surface area contributed by atoms with Gasteiger partial charge in [0, 0.05) is 18.8 Å². The lowest BCUT2D eigenvalue weighted by molar-refractivity contribution is 0.226. The van der Waals surface area contributed by atoms with E-state index in [9.17, 15) is 0 Å². The minimum Gasteiger partial charge on any atom is -0.455 e. The van der Waals surface area contributed by atoms with Gasteiger partial charge in [0.1, 0.15) is 6.10 Å². The summed E-state index contributed by atoms with van der Waals surface area (Å²) in [5.41, 5.74) is 6.39. The van der Waals surface area contributed by atoms with Gasteiger partial charge in [-0.05, 0) is 0 Å². The SMILES string of the molecule is Cn1cc(C2CN=C(N)O2)cn1. The zero-order valence-electron chi connectivity index (χ0n) is 6.77. The molecule has 1 aromatic rings. The fourth-order valence-electron chi connectivity index (χ4n) is 1.17. The number of aliphatic imine (C=N–C) groups is 1. The first-order valence-corrected chi connectivity index (χ1v) is 3.71. The Morgan fingerprint density at radius 1 is 1.75 bits per heavy atom. The minimum absolute atomic E-state index is 0.0429. The maximum Gasteiger partial charge on any atom is 0.282 e. The van der Waals surface area contributed by atoms with Gasteiger partial charge in [0.25, 0.3) is 6.02 Å². The molecule has 1 aliphatic heterocycles. The number of hydrogen-bond acceptors (Lipinski definition) is 4. The Morgan fingerprint density at radius 3 is 3.08 bits per heavy atom. The average Bonchev–Trinajstić information content (AvgIpc) is 2.58. The van der Waals surface area contributed by atoms with Crippen LogP contribution in [0.5, 0.6) is 0 Å². The van der Waals surface area contributed by atoms with E-state index >= 15 is 0 Å². The molecule has 0 saturated carbocycles. The smallest absolute Gasteiger partial charge is 0.282 e. The maximum absolute atomic E-state index is 5.37. The molecule has 0 fully saturated rings. The molecule has 1 atom stereocenters. The summed E-state index contributed by atoms with van der Waals surface area (Å²) < 4.78 is 6.96. The first kappa shape index (κ1) is 7.15. The highest BCUT2D eigenvalue weighted by Gasteiger charge is 2.20. The number of aryl methyl sites for hydroxylation is 1. The molecular formula is C7H10N4O. The number of hydrogen-bond donors (Lipinski definition) is 1. The second kappa shape index (κ2) is 2.51. The zero-order chi connectivity index (χ0) is 8.55. The topological polar surface area (TPSA) is 65.4 Å². The van der Waals surface area contributed by atoms with Crippen molar-refractivity contribution < 1.29 is 4.74 Å². The lowest BCUT2D eigenvalue weighted by atomic mass is 10.2. The van der Waals surface area contributed by atoms with E-state index in [0.717, 1.165) is 5.56 Å². The molecule has 1 aromatic heterocycles. The van der Waals surface area contributed by atoms with Gasteiger partial charge in [-0.1, -0.05) is 0 Å². The standard InChI is InChI=1S/C7H10N4O/c1-11-4-5(2-10-11)6-3-9-7(8)12-6/h2,4,6H,3H2,1H3,(H2,8,9). The lowest BCUT2D eigenvalue weighted by Crippen LogP contribution is -2.12. The largest absolute Gasteiger partial charge is 0.455 e. The summed E-state index contributed by atoms with van der Waals surface area (Å²) in [6, 6.07) is 0.267. The number of ether oxygens (including phenoxy) is 1. The first-order chi connectivity index (χ1) is 5.75. The van der Waals surface area contributed by atoms with Gasteiger partial charge in [-0.25, -0.2) is 4.99 Å². The fraction of sp³-hybridized carbons (Fsp3) is 0.429. The minimum atomic E-state index is -0.0429. The molecule has 2 rings (SSSR count). The molecular weight excluding hydrogens is 156 g/mol. The molecule has 2 N–H and O–H groups in total. The van der Waals surface area contributed by atoms with Crippen molar-refractivity contribution in [3.8, 4) is 0 Å². The Morgan fingerprint density at radius 2 is 2.58 bits per heavy atom.